The number of anilines is 1. The summed E-state index contributed by atoms with van der Waals surface area (Å²) in [7, 11) is 0. The van der Waals surface area contributed by atoms with Crippen LogP contribution < -0.4 is 9.64 Å². The molecule has 1 aliphatic heterocycles. The Morgan fingerprint density at radius 3 is 2.68 bits per heavy atom. The Balaban J connectivity index is 1.64. The second kappa shape index (κ2) is 7.98. The van der Waals surface area contributed by atoms with Gasteiger partial charge in [-0.1, -0.05) is 35.3 Å². The summed E-state index contributed by atoms with van der Waals surface area (Å²) in [6, 6.07) is 13.2. The fourth-order valence-electron chi connectivity index (χ4n) is 3.14. The Morgan fingerprint density at radius 1 is 1.20 bits per heavy atom. The van der Waals surface area contributed by atoms with Crippen LogP contribution in [0.4, 0.5) is 5.69 Å². The van der Waals surface area contributed by atoms with Crippen LogP contribution in [0.3, 0.4) is 0 Å². The summed E-state index contributed by atoms with van der Waals surface area (Å²) < 4.78 is 5.78. The summed E-state index contributed by atoms with van der Waals surface area (Å²) >= 11 is 12.2. The van der Waals surface area contributed by atoms with E-state index in [-0.39, 0.29) is 12.5 Å². The van der Waals surface area contributed by atoms with Gasteiger partial charge in [0.15, 0.2) is 0 Å². The first-order chi connectivity index (χ1) is 12.0. The molecule has 0 aliphatic carbocycles. The van der Waals surface area contributed by atoms with E-state index in [1.807, 2.05) is 36.4 Å². The first kappa shape index (κ1) is 17.9. The largest absolute Gasteiger partial charge is 0.489 e. The van der Waals surface area contributed by atoms with Crippen LogP contribution in [0.15, 0.2) is 42.5 Å². The lowest BCUT2D eigenvalue weighted by atomic mass is 10.1. The lowest BCUT2D eigenvalue weighted by molar-refractivity contribution is -0.137. The number of halogens is 2. The lowest BCUT2D eigenvalue weighted by Crippen LogP contribution is -2.31. The highest BCUT2D eigenvalue weighted by Crippen LogP contribution is 2.30. The number of carboxylic acid groups (broad SMARTS) is 1. The van der Waals surface area contributed by atoms with Crippen molar-refractivity contribution in [2.45, 2.75) is 31.9 Å². The fraction of sp³-hybridized carbons (Fsp3) is 0.316. The third kappa shape index (κ3) is 4.39. The first-order valence-corrected chi connectivity index (χ1v) is 8.94. The van der Waals surface area contributed by atoms with Crippen molar-refractivity contribution in [3.63, 3.8) is 0 Å². The van der Waals surface area contributed by atoms with E-state index in [0.29, 0.717) is 16.7 Å². The number of aliphatic carboxylic acids is 1. The Kier molecular flexibility index (Phi) is 5.71. The van der Waals surface area contributed by atoms with Gasteiger partial charge in [-0.05, 0) is 43.2 Å². The quantitative estimate of drug-likeness (QED) is 0.765. The van der Waals surface area contributed by atoms with Crippen molar-refractivity contribution in [1.29, 1.82) is 0 Å². The van der Waals surface area contributed by atoms with Gasteiger partial charge in [-0.2, -0.15) is 0 Å². The van der Waals surface area contributed by atoms with Gasteiger partial charge in [-0.3, -0.25) is 4.79 Å². The molecule has 2 aromatic rings. The molecule has 0 amide bonds. The number of nitrogens with zero attached hydrogens (tertiary/aromatic N) is 1. The molecular weight excluding hydrogens is 361 g/mol. The molecule has 25 heavy (non-hydrogen) atoms. The zero-order valence-corrected chi connectivity index (χ0v) is 15.1. The molecule has 1 heterocycles. The van der Waals surface area contributed by atoms with Crippen LogP contribution >= 0.6 is 23.2 Å². The molecule has 132 valence electrons. The smallest absolute Gasteiger partial charge is 0.305 e. The zero-order chi connectivity index (χ0) is 17.8. The van der Waals surface area contributed by atoms with Crippen molar-refractivity contribution in [3.8, 4) is 5.75 Å². The summed E-state index contributed by atoms with van der Waals surface area (Å²) in [6.45, 7) is 1.22. The van der Waals surface area contributed by atoms with Gasteiger partial charge in [0.25, 0.3) is 0 Å². The Bertz CT molecular complexity index is 749. The Hall–Kier alpha value is -1.91. The monoisotopic (exact) mass is 379 g/mol. The van der Waals surface area contributed by atoms with Crippen molar-refractivity contribution in [2.24, 2.45) is 0 Å². The number of carbonyl (C=O) groups is 1. The van der Waals surface area contributed by atoms with Crippen molar-refractivity contribution in [2.75, 3.05) is 11.4 Å². The maximum atomic E-state index is 11.0. The summed E-state index contributed by atoms with van der Waals surface area (Å²) in [5.74, 6) is -0.0240. The summed E-state index contributed by atoms with van der Waals surface area (Å²) in [5, 5.41) is 10.1. The molecule has 1 saturated heterocycles. The number of hydrogen-bond donors (Lipinski definition) is 1. The van der Waals surface area contributed by atoms with E-state index in [9.17, 15) is 4.79 Å². The van der Waals surface area contributed by atoms with E-state index in [1.54, 1.807) is 6.07 Å². The number of hydrogen-bond acceptors (Lipinski definition) is 3. The van der Waals surface area contributed by atoms with Crippen LogP contribution in [-0.4, -0.2) is 23.7 Å². The third-order valence-electron chi connectivity index (χ3n) is 4.38. The summed E-state index contributed by atoms with van der Waals surface area (Å²) in [5.41, 5.74) is 1.86. The second-order valence-electron chi connectivity index (χ2n) is 6.08. The van der Waals surface area contributed by atoms with Crippen LogP contribution in [-0.2, 0) is 11.4 Å². The predicted molar refractivity (Wildman–Crippen MR) is 99.9 cm³/mol. The standard InChI is InChI=1S/C19H19Cl2NO3/c20-17-5-1-3-13(19(17)21)12-25-16-8-6-14(7-9-16)22-10-2-4-15(22)11-18(23)24/h1,3,5-9,15H,2,4,10-12H2,(H,23,24)/t15-/m0/s1. The van der Waals surface area contributed by atoms with Gasteiger partial charge in [0.05, 0.1) is 16.5 Å². The SMILES string of the molecule is O=C(O)C[C@@H]1CCCN1c1ccc(OCc2cccc(Cl)c2Cl)cc1. The van der Waals surface area contributed by atoms with Gasteiger partial charge in [-0.25, -0.2) is 0 Å². The minimum Gasteiger partial charge on any atom is -0.489 e. The van der Waals surface area contributed by atoms with Crippen LogP contribution in [0.2, 0.25) is 10.0 Å². The average molecular weight is 380 g/mol. The van der Waals surface area contributed by atoms with Crippen molar-refractivity contribution >= 4 is 34.9 Å². The van der Waals surface area contributed by atoms with Gasteiger partial charge in [-0.15, -0.1) is 0 Å². The van der Waals surface area contributed by atoms with Gasteiger partial charge >= 0.3 is 5.97 Å². The fourth-order valence-corrected chi connectivity index (χ4v) is 3.52. The van der Waals surface area contributed by atoms with E-state index >= 15 is 0 Å². The van der Waals surface area contributed by atoms with Crippen molar-refractivity contribution in [3.05, 3.63) is 58.1 Å². The minimum absolute atomic E-state index is 0.0644. The molecule has 4 nitrogen and oxygen atoms in total. The van der Waals surface area contributed by atoms with E-state index < -0.39 is 5.97 Å². The van der Waals surface area contributed by atoms with Crippen LogP contribution in [0.5, 0.6) is 5.75 Å². The highest BCUT2D eigenvalue weighted by atomic mass is 35.5. The molecule has 0 saturated carbocycles. The molecule has 1 atom stereocenters. The highest BCUT2D eigenvalue weighted by molar-refractivity contribution is 6.42. The molecule has 1 N–H and O–H groups in total. The molecule has 0 spiro atoms. The first-order valence-electron chi connectivity index (χ1n) is 8.19. The maximum Gasteiger partial charge on any atom is 0.305 e. The summed E-state index contributed by atoms with van der Waals surface area (Å²) in [4.78, 5) is 13.1. The zero-order valence-electron chi connectivity index (χ0n) is 13.6. The van der Waals surface area contributed by atoms with Crippen LogP contribution in [0, 0.1) is 0 Å². The average Bonchev–Trinajstić information content (AvgIpc) is 3.04. The van der Waals surface area contributed by atoms with Crippen molar-refractivity contribution < 1.29 is 14.6 Å². The highest BCUT2D eigenvalue weighted by Gasteiger charge is 2.26. The normalized spacial score (nSPS) is 16.9. The van der Waals surface area contributed by atoms with Crippen molar-refractivity contribution in [1.82, 2.24) is 0 Å². The maximum absolute atomic E-state index is 11.0. The topological polar surface area (TPSA) is 49.8 Å². The molecule has 3 rings (SSSR count). The molecule has 0 radical (unpaired) electrons. The third-order valence-corrected chi connectivity index (χ3v) is 5.24. The van der Waals surface area contributed by atoms with E-state index in [1.165, 1.54) is 0 Å². The molecule has 0 bridgehead atoms. The van der Waals surface area contributed by atoms with E-state index in [4.69, 9.17) is 33.0 Å². The molecule has 6 heteroatoms. The number of benzene rings is 2. The molecule has 0 unspecified atom stereocenters. The van der Waals surface area contributed by atoms with Gasteiger partial charge < -0.3 is 14.7 Å². The lowest BCUT2D eigenvalue weighted by Gasteiger charge is -2.25. The summed E-state index contributed by atoms with van der Waals surface area (Å²) in [6.07, 6.45) is 2.10. The number of carboxylic acids is 1. The molecule has 2 aromatic carbocycles. The van der Waals surface area contributed by atoms with Gasteiger partial charge in [0.1, 0.15) is 12.4 Å². The Morgan fingerprint density at radius 2 is 1.96 bits per heavy atom. The number of rotatable bonds is 6. The van der Waals surface area contributed by atoms with Crippen LogP contribution in [0.1, 0.15) is 24.8 Å². The van der Waals surface area contributed by atoms with Gasteiger partial charge in [0.2, 0.25) is 0 Å². The molecular formula is C19H19Cl2NO3. The van der Waals surface area contributed by atoms with E-state index in [0.717, 1.165) is 36.4 Å². The predicted octanol–water partition coefficient (Wildman–Crippen LogP) is 5.02. The van der Waals surface area contributed by atoms with Gasteiger partial charge in [0, 0.05) is 23.8 Å². The minimum atomic E-state index is -0.754. The van der Waals surface area contributed by atoms with E-state index in [2.05, 4.69) is 4.90 Å². The number of ether oxygens (including phenoxy) is 1. The molecule has 0 aromatic heterocycles. The second-order valence-corrected chi connectivity index (χ2v) is 6.87. The molecule has 1 aliphatic rings. The van der Waals surface area contributed by atoms with Crippen LogP contribution in [0.25, 0.3) is 0 Å². The molecule has 1 fully saturated rings. The Labute approximate surface area is 156 Å².